The van der Waals surface area contributed by atoms with Crippen molar-refractivity contribution < 1.29 is 23.5 Å². The molecular weight excluding hydrogens is 453 g/mol. The second-order valence-electron chi connectivity index (χ2n) is 6.85. The smallest absolute Gasteiger partial charge is 0.277 e. The van der Waals surface area contributed by atoms with Crippen molar-refractivity contribution in [3.63, 3.8) is 0 Å². The summed E-state index contributed by atoms with van der Waals surface area (Å²) in [6, 6.07) is 10.2. The van der Waals surface area contributed by atoms with Crippen LogP contribution >= 0.6 is 11.8 Å². The second-order valence-corrected chi connectivity index (χ2v) is 7.81. The zero-order chi connectivity index (χ0) is 23.4. The Kier molecular flexibility index (Phi) is 6.45. The number of benzene rings is 2. The van der Waals surface area contributed by atoms with Crippen LogP contribution in [-0.4, -0.2) is 34.3 Å². The maximum Gasteiger partial charge on any atom is 0.277 e. The fourth-order valence-electron chi connectivity index (χ4n) is 2.88. The number of nitrogens with two attached hydrogens (primary N) is 1. The van der Waals surface area contributed by atoms with Crippen molar-refractivity contribution in [3.05, 3.63) is 69.8 Å². The highest BCUT2D eigenvalue weighted by atomic mass is 32.2. The first-order valence-corrected chi connectivity index (χ1v) is 10.6. The van der Waals surface area contributed by atoms with E-state index < -0.39 is 17.3 Å². The number of rotatable bonds is 7. The van der Waals surface area contributed by atoms with Gasteiger partial charge in [-0.25, -0.2) is 9.37 Å². The molecule has 1 aromatic heterocycles. The fraction of sp³-hybridized carbons (Fsp3) is 0.143. The van der Waals surface area contributed by atoms with Crippen molar-refractivity contribution in [2.24, 2.45) is 0 Å². The molecule has 0 saturated heterocycles. The van der Waals surface area contributed by atoms with Crippen LogP contribution in [0.15, 0.2) is 52.4 Å². The molecule has 0 radical (unpaired) electrons. The number of anilines is 2. The number of aromatic nitrogens is 2. The SMILES string of the molecule is Nc1nc(SCC(=O)NCc2ccc3c(c2)OCO3)[nH]c(=O)c1NC(=O)c1ccc(F)cc1. The third-order valence-corrected chi connectivity index (χ3v) is 5.41. The largest absolute Gasteiger partial charge is 0.454 e. The van der Waals surface area contributed by atoms with Gasteiger partial charge < -0.3 is 25.8 Å². The van der Waals surface area contributed by atoms with Gasteiger partial charge in [-0.05, 0) is 42.0 Å². The molecule has 2 amide bonds. The number of H-pyrrole nitrogens is 1. The van der Waals surface area contributed by atoms with E-state index >= 15 is 0 Å². The monoisotopic (exact) mass is 471 g/mol. The van der Waals surface area contributed by atoms with Gasteiger partial charge in [-0.3, -0.25) is 19.4 Å². The Balaban J connectivity index is 1.32. The van der Waals surface area contributed by atoms with Gasteiger partial charge in [-0.15, -0.1) is 0 Å². The number of hydrogen-bond donors (Lipinski definition) is 4. The number of halogens is 1. The van der Waals surface area contributed by atoms with Crippen LogP contribution in [0.3, 0.4) is 0 Å². The number of thioether (sulfide) groups is 1. The molecule has 0 fully saturated rings. The standard InChI is InChI=1S/C21H18FN5O5S/c22-13-4-2-12(3-5-13)19(29)25-17-18(23)26-21(27-20(17)30)33-9-16(28)24-8-11-1-6-14-15(7-11)32-10-31-14/h1-7H,8-10H2,(H,24,28)(H,25,29)(H3,23,26,27,30). The molecule has 5 N–H and O–H groups in total. The highest BCUT2D eigenvalue weighted by Crippen LogP contribution is 2.32. The summed E-state index contributed by atoms with van der Waals surface area (Å²) >= 11 is 0.980. The minimum Gasteiger partial charge on any atom is -0.454 e. The molecule has 0 spiro atoms. The normalized spacial score (nSPS) is 11.8. The Morgan fingerprint density at radius 2 is 1.91 bits per heavy atom. The number of carbonyl (C=O) groups is 2. The zero-order valence-electron chi connectivity index (χ0n) is 17.0. The molecule has 33 heavy (non-hydrogen) atoms. The molecule has 170 valence electrons. The molecule has 2 aromatic carbocycles. The van der Waals surface area contributed by atoms with Crippen LogP contribution in [0.25, 0.3) is 0 Å². The van der Waals surface area contributed by atoms with Gasteiger partial charge in [0.2, 0.25) is 12.7 Å². The minimum absolute atomic E-state index is 0.0196. The number of fused-ring (bicyclic) bond motifs is 1. The van der Waals surface area contributed by atoms with E-state index in [1.807, 2.05) is 6.07 Å². The fourth-order valence-corrected chi connectivity index (χ4v) is 3.58. The Labute approximate surface area is 190 Å². The average Bonchev–Trinajstić information content (AvgIpc) is 3.27. The molecule has 0 bridgehead atoms. The van der Waals surface area contributed by atoms with Crippen molar-refractivity contribution in [1.29, 1.82) is 0 Å². The van der Waals surface area contributed by atoms with Gasteiger partial charge in [-0.1, -0.05) is 17.8 Å². The molecule has 0 aliphatic carbocycles. The molecular formula is C21H18FN5O5S. The van der Waals surface area contributed by atoms with Crippen molar-refractivity contribution in [1.82, 2.24) is 15.3 Å². The summed E-state index contributed by atoms with van der Waals surface area (Å²) in [7, 11) is 0. The Bertz CT molecular complexity index is 1260. The summed E-state index contributed by atoms with van der Waals surface area (Å²) in [5.74, 6) is -0.367. The summed E-state index contributed by atoms with van der Waals surface area (Å²) in [6.07, 6.45) is 0. The summed E-state index contributed by atoms with van der Waals surface area (Å²) in [5.41, 5.74) is 5.89. The van der Waals surface area contributed by atoms with Gasteiger partial charge >= 0.3 is 0 Å². The summed E-state index contributed by atoms with van der Waals surface area (Å²) in [5, 5.41) is 5.24. The van der Waals surface area contributed by atoms with Gasteiger partial charge in [0.15, 0.2) is 22.5 Å². The highest BCUT2D eigenvalue weighted by Gasteiger charge is 2.16. The molecule has 0 atom stereocenters. The Morgan fingerprint density at radius 1 is 1.15 bits per heavy atom. The maximum absolute atomic E-state index is 13.0. The Hall–Kier alpha value is -4.06. The van der Waals surface area contributed by atoms with Crippen LogP contribution in [-0.2, 0) is 11.3 Å². The van der Waals surface area contributed by atoms with E-state index in [4.69, 9.17) is 15.2 Å². The van der Waals surface area contributed by atoms with E-state index in [1.54, 1.807) is 12.1 Å². The van der Waals surface area contributed by atoms with Crippen molar-refractivity contribution in [2.45, 2.75) is 11.7 Å². The lowest BCUT2D eigenvalue weighted by Gasteiger charge is -2.09. The zero-order valence-corrected chi connectivity index (χ0v) is 17.8. The molecule has 12 heteroatoms. The lowest BCUT2D eigenvalue weighted by molar-refractivity contribution is -0.118. The molecule has 10 nitrogen and oxygen atoms in total. The minimum atomic E-state index is -0.679. The molecule has 1 aliphatic rings. The molecule has 1 aliphatic heterocycles. The summed E-state index contributed by atoms with van der Waals surface area (Å²) in [4.78, 5) is 43.2. The number of nitrogens with zero attached hydrogens (tertiary/aromatic N) is 1. The first-order valence-electron chi connectivity index (χ1n) is 9.64. The predicted octanol–water partition coefficient (Wildman–Crippen LogP) is 1.88. The van der Waals surface area contributed by atoms with Gasteiger partial charge in [-0.2, -0.15) is 0 Å². The van der Waals surface area contributed by atoms with Crippen LogP contribution in [0.4, 0.5) is 15.9 Å². The van der Waals surface area contributed by atoms with E-state index in [1.165, 1.54) is 12.1 Å². The molecule has 3 aromatic rings. The third-order valence-electron chi connectivity index (χ3n) is 4.54. The lowest BCUT2D eigenvalue weighted by Crippen LogP contribution is -2.25. The van der Waals surface area contributed by atoms with Crippen LogP contribution in [0, 0.1) is 5.82 Å². The predicted molar refractivity (Wildman–Crippen MR) is 119 cm³/mol. The maximum atomic E-state index is 13.0. The van der Waals surface area contributed by atoms with E-state index in [0.29, 0.717) is 11.5 Å². The van der Waals surface area contributed by atoms with Crippen molar-refractivity contribution in [2.75, 3.05) is 23.6 Å². The highest BCUT2D eigenvalue weighted by molar-refractivity contribution is 7.99. The van der Waals surface area contributed by atoms with Gasteiger partial charge in [0, 0.05) is 12.1 Å². The number of carbonyl (C=O) groups excluding carboxylic acids is 2. The van der Waals surface area contributed by atoms with Crippen molar-refractivity contribution in [3.8, 4) is 11.5 Å². The topological polar surface area (TPSA) is 148 Å². The second kappa shape index (κ2) is 9.61. The molecule has 0 unspecified atom stereocenters. The van der Waals surface area contributed by atoms with Crippen molar-refractivity contribution >= 4 is 35.1 Å². The quantitative estimate of drug-likeness (QED) is 0.302. The molecule has 2 heterocycles. The number of ether oxygens (including phenoxy) is 2. The number of amides is 2. The summed E-state index contributed by atoms with van der Waals surface area (Å²) < 4.78 is 23.6. The van der Waals surface area contributed by atoms with E-state index in [2.05, 4.69) is 20.6 Å². The number of hydrogen-bond acceptors (Lipinski definition) is 8. The first-order chi connectivity index (χ1) is 15.9. The van der Waals surface area contributed by atoms with E-state index in [-0.39, 0.29) is 47.2 Å². The van der Waals surface area contributed by atoms with E-state index in [9.17, 15) is 18.8 Å². The molecule has 4 rings (SSSR count). The van der Waals surface area contributed by atoms with Gasteiger partial charge in [0.1, 0.15) is 11.5 Å². The molecule has 0 saturated carbocycles. The first kappa shape index (κ1) is 22.1. The number of nitrogens with one attached hydrogen (secondary N) is 3. The number of nitrogen functional groups attached to an aromatic ring is 1. The third kappa shape index (κ3) is 5.41. The van der Waals surface area contributed by atoms with Gasteiger partial charge in [0.25, 0.3) is 11.5 Å². The van der Waals surface area contributed by atoms with Crippen LogP contribution in [0.2, 0.25) is 0 Å². The lowest BCUT2D eigenvalue weighted by atomic mass is 10.2. The summed E-state index contributed by atoms with van der Waals surface area (Å²) in [6.45, 7) is 0.460. The van der Waals surface area contributed by atoms with Crippen LogP contribution in [0.1, 0.15) is 15.9 Å². The number of aromatic amines is 1. The van der Waals surface area contributed by atoms with Crippen LogP contribution < -0.4 is 31.4 Å². The van der Waals surface area contributed by atoms with E-state index in [0.717, 1.165) is 29.5 Å². The average molecular weight is 471 g/mol. The Morgan fingerprint density at radius 3 is 2.67 bits per heavy atom. The van der Waals surface area contributed by atoms with Crippen LogP contribution in [0.5, 0.6) is 11.5 Å². The van der Waals surface area contributed by atoms with Gasteiger partial charge in [0.05, 0.1) is 5.75 Å².